The van der Waals surface area contributed by atoms with E-state index in [1.54, 1.807) is 0 Å². The van der Waals surface area contributed by atoms with Crippen molar-refractivity contribution in [1.82, 2.24) is 4.57 Å². The predicted molar refractivity (Wildman–Crippen MR) is 63.3 cm³/mol. The summed E-state index contributed by atoms with van der Waals surface area (Å²) in [6, 6.07) is 8.11. The smallest absolute Gasteiger partial charge is 0.325 e. The SMILES string of the molecule is CCc1cn(CC(=O)OC)c2ccccc12. The molecule has 16 heavy (non-hydrogen) atoms. The minimum atomic E-state index is -0.219. The molecule has 3 nitrogen and oxygen atoms in total. The number of carbonyl (C=O) groups is 1. The third kappa shape index (κ3) is 1.81. The van der Waals surface area contributed by atoms with Gasteiger partial charge >= 0.3 is 5.97 Å². The molecule has 0 fully saturated rings. The zero-order valence-corrected chi connectivity index (χ0v) is 9.56. The van der Waals surface area contributed by atoms with E-state index in [4.69, 9.17) is 0 Å². The molecule has 1 aromatic carbocycles. The summed E-state index contributed by atoms with van der Waals surface area (Å²) in [6.45, 7) is 2.39. The molecule has 84 valence electrons. The normalized spacial score (nSPS) is 10.6. The minimum absolute atomic E-state index is 0.219. The average molecular weight is 217 g/mol. The molecule has 0 radical (unpaired) electrons. The monoisotopic (exact) mass is 217 g/mol. The Morgan fingerprint density at radius 2 is 2.12 bits per heavy atom. The molecule has 2 aromatic rings. The molecule has 3 heteroatoms. The van der Waals surface area contributed by atoms with E-state index < -0.39 is 0 Å². The van der Waals surface area contributed by atoms with E-state index in [1.165, 1.54) is 18.1 Å². The summed E-state index contributed by atoms with van der Waals surface area (Å²) in [5, 5.41) is 1.22. The van der Waals surface area contributed by atoms with E-state index in [0.717, 1.165) is 11.9 Å². The second kappa shape index (κ2) is 4.39. The highest BCUT2D eigenvalue weighted by Gasteiger charge is 2.09. The van der Waals surface area contributed by atoms with Crippen LogP contribution in [0.3, 0.4) is 0 Å². The van der Waals surface area contributed by atoms with Crippen molar-refractivity contribution in [3.8, 4) is 0 Å². The van der Waals surface area contributed by atoms with Gasteiger partial charge in [0.1, 0.15) is 6.54 Å². The van der Waals surface area contributed by atoms with E-state index in [2.05, 4.69) is 17.7 Å². The van der Waals surface area contributed by atoms with Gasteiger partial charge in [-0.05, 0) is 18.1 Å². The number of rotatable bonds is 3. The predicted octanol–water partition coefficient (Wildman–Crippen LogP) is 2.38. The van der Waals surface area contributed by atoms with Crippen molar-refractivity contribution < 1.29 is 9.53 Å². The quantitative estimate of drug-likeness (QED) is 0.739. The first-order valence-corrected chi connectivity index (χ1v) is 5.39. The van der Waals surface area contributed by atoms with Gasteiger partial charge in [-0.25, -0.2) is 0 Å². The van der Waals surface area contributed by atoms with Crippen LogP contribution in [-0.4, -0.2) is 17.6 Å². The van der Waals surface area contributed by atoms with E-state index >= 15 is 0 Å². The second-order valence-corrected chi connectivity index (χ2v) is 3.73. The number of para-hydroxylation sites is 1. The van der Waals surface area contributed by atoms with Crippen LogP contribution < -0.4 is 0 Å². The van der Waals surface area contributed by atoms with Crippen LogP contribution in [-0.2, 0) is 22.5 Å². The fourth-order valence-corrected chi connectivity index (χ4v) is 1.94. The summed E-state index contributed by atoms with van der Waals surface area (Å²) < 4.78 is 6.63. The van der Waals surface area contributed by atoms with Crippen LogP contribution in [0.4, 0.5) is 0 Å². The first-order valence-electron chi connectivity index (χ1n) is 5.39. The topological polar surface area (TPSA) is 31.2 Å². The van der Waals surface area contributed by atoms with Gasteiger partial charge in [-0.15, -0.1) is 0 Å². The molecule has 1 heterocycles. The van der Waals surface area contributed by atoms with Crippen molar-refractivity contribution in [3.05, 3.63) is 36.0 Å². The van der Waals surface area contributed by atoms with Crippen molar-refractivity contribution in [3.63, 3.8) is 0 Å². The van der Waals surface area contributed by atoms with Crippen LogP contribution in [0.25, 0.3) is 10.9 Å². The number of aromatic nitrogens is 1. The Morgan fingerprint density at radius 3 is 2.81 bits per heavy atom. The Balaban J connectivity index is 2.49. The summed E-state index contributed by atoms with van der Waals surface area (Å²) in [5.74, 6) is -0.219. The fourth-order valence-electron chi connectivity index (χ4n) is 1.94. The number of carbonyl (C=O) groups excluding carboxylic acids is 1. The average Bonchev–Trinajstić information content (AvgIpc) is 2.68. The van der Waals surface area contributed by atoms with Crippen LogP contribution in [0.1, 0.15) is 12.5 Å². The molecule has 0 saturated heterocycles. The number of esters is 1. The number of ether oxygens (including phenoxy) is 1. The molecule has 0 atom stereocenters. The third-order valence-electron chi connectivity index (χ3n) is 2.78. The molecule has 0 N–H and O–H groups in total. The standard InChI is InChI=1S/C13H15NO2/c1-3-10-8-14(9-13(15)16-2)12-7-5-4-6-11(10)12/h4-8H,3,9H2,1-2H3. The van der Waals surface area contributed by atoms with Gasteiger partial charge in [-0.3, -0.25) is 4.79 Å². The highest BCUT2D eigenvalue weighted by atomic mass is 16.5. The lowest BCUT2D eigenvalue weighted by molar-refractivity contribution is -0.141. The number of fused-ring (bicyclic) bond motifs is 1. The Labute approximate surface area is 94.6 Å². The summed E-state index contributed by atoms with van der Waals surface area (Å²) in [7, 11) is 1.41. The van der Waals surface area contributed by atoms with Crippen LogP contribution in [0.2, 0.25) is 0 Å². The lowest BCUT2D eigenvalue weighted by Crippen LogP contribution is -2.10. The van der Waals surface area contributed by atoms with Gasteiger partial charge in [0.25, 0.3) is 0 Å². The van der Waals surface area contributed by atoms with Gasteiger partial charge in [0.2, 0.25) is 0 Å². The maximum atomic E-state index is 11.3. The second-order valence-electron chi connectivity index (χ2n) is 3.73. The van der Waals surface area contributed by atoms with Crippen molar-refractivity contribution in [2.45, 2.75) is 19.9 Å². The number of aryl methyl sites for hydroxylation is 1. The van der Waals surface area contributed by atoms with Gasteiger partial charge in [0, 0.05) is 17.1 Å². The largest absolute Gasteiger partial charge is 0.468 e. The van der Waals surface area contributed by atoms with E-state index in [9.17, 15) is 4.79 Å². The first kappa shape index (κ1) is 10.7. The molecule has 1 aromatic heterocycles. The highest BCUT2D eigenvalue weighted by molar-refractivity contribution is 5.85. The molecule has 0 aliphatic heterocycles. The van der Waals surface area contributed by atoms with Gasteiger partial charge < -0.3 is 9.30 Å². The number of hydrogen-bond donors (Lipinski definition) is 0. The van der Waals surface area contributed by atoms with Crippen molar-refractivity contribution in [2.75, 3.05) is 7.11 Å². The molecule has 0 amide bonds. The summed E-state index contributed by atoms with van der Waals surface area (Å²) in [4.78, 5) is 11.3. The summed E-state index contributed by atoms with van der Waals surface area (Å²) in [5.41, 5.74) is 2.35. The number of methoxy groups -OCH3 is 1. The van der Waals surface area contributed by atoms with Gasteiger partial charge in [-0.2, -0.15) is 0 Å². The van der Waals surface area contributed by atoms with Crippen molar-refractivity contribution in [1.29, 1.82) is 0 Å². The number of nitrogens with zero attached hydrogens (tertiary/aromatic N) is 1. The molecule has 0 bridgehead atoms. The lowest BCUT2D eigenvalue weighted by atomic mass is 10.1. The third-order valence-corrected chi connectivity index (χ3v) is 2.78. The van der Waals surface area contributed by atoms with Gasteiger partial charge in [0.05, 0.1) is 7.11 Å². The van der Waals surface area contributed by atoms with Gasteiger partial charge in [-0.1, -0.05) is 25.1 Å². The zero-order valence-electron chi connectivity index (χ0n) is 9.56. The van der Waals surface area contributed by atoms with Crippen molar-refractivity contribution in [2.24, 2.45) is 0 Å². The fraction of sp³-hybridized carbons (Fsp3) is 0.308. The Morgan fingerprint density at radius 1 is 1.38 bits per heavy atom. The molecule has 0 aliphatic carbocycles. The first-order chi connectivity index (χ1) is 7.76. The molecule has 0 spiro atoms. The summed E-state index contributed by atoms with van der Waals surface area (Å²) >= 11 is 0. The highest BCUT2D eigenvalue weighted by Crippen LogP contribution is 2.21. The summed E-state index contributed by atoms with van der Waals surface area (Å²) in [6.07, 6.45) is 3.00. The zero-order chi connectivity index (χ0) is 11.5. The maximum Gasteiger partial charge on any atom is 0.325 e. The van der Waals surface area contributed by atoms with Crippen molar-refractivity contribution >= 4 is 16.9 Å². The van der Waals surface area contributed by atoms with Gasteiger partial charge in [0.15, 0.2) is 0 Å². The molecule has 0 aliphatic rings. The Kier molecular flexibility index (Phi) is 2.95. The molecule has 0 saturated carbocycles. The van der Waals surface area contributed by atoms with E-state index in [-0.39, 0.29) is 12.5 Å². The molecular formula is C13H15NO2. The Bertz CT molecular complexity index is 514. The van der Waals surface area contributed by atoms with Crippen LogP contribution in [0.15, 0.2) is 30.5 Å². The molecule has 0 unspecified atom stereocenters. The van der Waals surface area contributed by atoms with Crippen LogP contribution in [0, 0.1) is 0 Å². The lowest BCUT2D eigenvalue weighted by Gasteiger charge is -2.02. The van der Waals surface area contributed by atoms with Crippen LogP contribution >= 0.6 is 0 Å². The van der Waals surface area contributed by atoms with Crippen LogP contribution in [0.5, 0.6) is 0 Å². The number of hydrogen-bond acceptors (Lipinski definition) is 2. The maximum absolute atomic E-state index is 11.3. The van der Waals surface area contributed by atoms with E-state index in [1.807, 2.05) is 29.0 Å². The molecular weight excluding hydrogens is 202 g/mol. The minimum Gasteiger partial charge on any atom is -0.468 e. The molecule has 2 rings (SSSR count). The number of benzene rings is 1. The Hall–Kier alpha value is -1.77. The van der Waals surface area contributed by atoms with E-state index in [0.29, 0.717) is 0 Å².